The van der Waals surface area contributed by atoms with Crippen LogP contribution < -0.4 is 0 Å². The number of likely N-dealkylation sites (tertiary alicyclic amines) is 1. The van der Waals surface area contributed by atoms with E-state index < -0.39 is 0 Å². The van der Waals surface area contributed by atoms with Crippen LogP contribution in [-0.4, -0.2) is 27.0 Å². The highest BCUT2D eigenvalue weighted by molar-refractivity contribution is 5.75. The normalized spacial score (nSPS) is 20.6. The van der Waals surface area contributed by atoms with Crippen molar-refractivity contribution in [1.29, 1.82) is 0 Å². The number of nitrogens with zero attached hydrogens (tertiary/aromatic N) is 3. The molecule has 1 fully saturated rings. The summed E-state index contributed by atoms with van der Waals surface area (Å²) in [4.78, 5) is 7.48. The van der Waals surface area contributed by atoms with Crippen LogP contribution in [-0.2, 0) is 13.1 Å². The van der Waals surface area contributed by atoms with E-state index in [-0.39, 0.29) is 0 Å². The predicted octanol–water partition coefficient (Wildman–Crippen LogP) is 3.82. The van der Waals surface area contributed by atoms with Crippen molar-refractivity contribution in [2.45, 2.75) is 58.7 Å². The molecule has 1 atom stereocenters. The van der Waals surface area contributed by atoms with Crippen molar-refractivity contribution >= 4 is 11.0 Å². The van der Waals surface area contributed by atoms with E-state index in [1.807, 2.05) is 0 Å². The maximum absolute atomic E-state index is 4.88. The summed E-state index contributed by atoms with van der Waals surface area (Å²) in [5.41, 5.74) is 2.43. The smallest absolute Gasteiger partial charge is 0.124 e. The van der Waals surface area contributed by atoms with Gasteiger partial charge in [0.25, 0.3) is 0 Å². The second-order valence-corrected chi connectivity index (χ2v) is 5.98. The minimum Gasteiger partial charge on any atom is -0.327 e. The molecule has 20 heavy (non-hydrogen) atoms. The van der Waals surface area contributed by atoms with Gasteiger partial charge in [0.2, 0.25) is 0 Å². The maximum Gasteiger partial charge on any atom is 0.124 e. The average molecular weight is 271 g/mol. The molecule has 2 heterocycles. The number of rotatable bonds is 4. The molecule has 108 valence electrons. The fraction of sp³-hybridized carbons (Fsp3) is 0.588. The molecule has 1 aromatic carbocycles. The van der Waals surface area contributed by atoms with E-state index in [0.717, 1.165) is 25.0 Å². The Kier molecular flexibility index (Phi) is 4.06. The highest BCUT2D eigenvalue weighted by atomic mass is 15.2. The Bertz CT molecular complexity index is 573. The molecule has 1 aromatic heterocycles. The van der Waals surface area contributed by atoms with E-state index in [9.17, 15) is 0 Å². The molecule has 0 radical (unpaired) electrons. The Morgan fingerprint density at radius 1 is 1.25 bits per heavy atom. The van der Waals surface area contributed by atoms with Gasteiger partial charge in [-0.2, -0.15) is 0 Å². The fourth-order valence-corrected chi connectivity index (χ4v) is 3.29. The minimum absolute atomic E-state index is 0.693. The van der Waals surface area contributed by atoms with Crippen molar-refractivity contribution in [3.8, 4) is 0 Å². The lowest BCUT2D eigenvalue weighted by Gasteiger charge is -2.33. The molecule has 1 aliphatic rings. The lowest BCUT2D eigenvalue weighted by Crippen LogP contribution is -2.37. The zero-order valence-corrected chi connectivity index (χ0v) is 12.7. The second-order valence-electron chi connectivity index (χ2n) is 5.98. The summed E-state index contributed by atoms with van der Waals surface area (Å²) >= 11 is 0. The van der Waals surface area contributed by atoms with Crippen molar-refractivity contribution in [3.05, 3.63) is 30.1 Å². The van der Waals surface area contributed by atoms with Gasteiger partial charge in [0.15, 0.2) is 0 Å². The number of aryl methyl sites for hydroxylation is 1. The van der Waals surface area contributed by atoms with Gasteiger partial charge in [0.05, 0.1) is 17.6 Å². The molecule has 0 unspecified atom stereocenters. The number of hydrogen-bond acceptors (Lipinski definition) is 2. The minimum atomic E-state index is 0.693. The SMILES string of the molecule is CCCn1c(CN2CCCC[C@H]2C)nc2ccccc21. The molecule has 2 aromatic rings. The Hall–Kier alpha value is -1.35. The first kappa shape index (κ1) is 13.6. The van der Waals surface area contributed by atoms with Crippen LogP contribution in [0.5, 0.6) is 0 Å². The van der Waals surface area contributed by atoms with Gasteiger partial charge < -0.3 is 4.57 Å². The largest absolute Gasteiger partial charge is 0.327 e. The van der Waals surface area contributed by atoms with Crippen molar-refractivity contribution < 1.29 is 0 Å². The summed E-state index contributed by atoms with van der Waals surface area (Å²) in [5, 5.41) is 0. The summed E-state index contributed by atoms with van der Waals surface area (Å²) in [6.45, 7) is 7.87. The standard InChI is InChI=1S/C17H25N3/c1-3-11-20-16-10-5-4-9-15(16)18-17(20)13-19-12-7-6-8-14(19)2/h4-5,9-10,14H,3,6-8,11-13H2,1-2H3/t14-/m1/s1. The summed E-state index contributed by atoms with van der Waals surface area (Å²) < 4.78 is 2.41. The third kappa shape index (κ3) is 2.59. The lowest BCUT2D eigenvalue weighted by atomic mass is 10.0. The highest BCUT2D eigenvalue weighted by Crippen LogP contribution is 2.22. The molecule has 0 bridgehead atoms. The Labute approximate surface area is 121 Å². The van der Waals surface area contributed by atoms with E-state index in [4.69, 9.17) is 4.98 Å². The first-order valence-corrected chi connectivity index (χ1v) is 7.97. The fourth-order valence-electron chi connectivity index (χ4n) is 3.29. The van der Waals surface area contributed by atoms with Gasteiger partial charge >= 0.3 is 0 Å². The van der Waals surface area contributed by atoms with Gasteiger partial charge in [0, 0.05) is 12.6 Å². The quantitative estimate of drug-likeness (QED) is 0.843. The molecule has 0 spiro atoms. The van der Waals surface area contributed by atoms with Gasteiger partial charge in [-0.1, -0.05) is 25.5 Å². The topological polar surface area (TPSA) is 21.1 Å². The van der Waals surface area contributed by atoms with Crippen molar-refractivity contribution in [2.24, 2.45) is 0 Å². The molecule has 1 saturated heterocycles. The van der Waals surface area contributed by atoms with E-state index >= 15 is 0 Å². The van der Waals surface area contributed by atoms with Gasteiger partial charge in [0.1, 0.15) is 5.82 Å². The first-order chi connectivity index (χ1) is 9.79. The van der Waals surface area contributed by atoms with Crippen LogP contribution in [0.1, 0.15) is 45.4 Å². The number of piperidine rings is 1. The maximum atomic E-state index is 4.88. The Morgan fingerprint density at radius 2 is 2.10 bits per heavy atom. The highest BCUT2D eigenvalue weighted by Gasteiger charge is 2.21. The molecule has 0 aliphatic carbocycles. The van der Waals surface area contributed by atoms with Gasteiger partial charge in [-0.3, -0.25) is 4.90 Å². The number of hydrogen-bond donors (Lipinski definition) is 0. The number of fused-ring (bicyclic) bond motifs is 1. The summed E-state index contributed by atoms with van der Waals surface area (Å²) in [6, 6.07) is 9.22. The Morgan fingerprint density at radius 3 is 2.90 bits per heavy atom. The third-order valence-corrected chi connectivity index (χ3v) is 4.47. The second kappa shape index (κ2) is 5.96. The summed E-state index contributed by atoms with van der Waals surface area (Å²) in [5.74, 6) is 1.24. The predicted molar refractivity (Wildman–Crippen MR) is 83.7 cm³/mol. The van der Waals surface area contributed by atoms with Crippen molar-refractivity contribution in [1.82, 2.24) is 14.5 Å². The zero-order valence-electron chi connectivity index (χ0n) is 12.7. The molecule has 0 saturated carbocycles. The van der Waals surface area contributed by atoms with Crippen LogP contribution in [0, 0.1) is 0 Å². The molecule has 3 heteroatoms. The average Bonchev–Trinajstić information content (AvgIpc) is 2.80. The number of para-hydroxylation sites is 2. The van der Waals surface area contributed by atoms with E-state index in [1.54, 1.807) is 0 Å². The Balaban J connectivity index is 1.91. The van der Waals surface area contributed by atoms with Crippen LogP contribution in [0.2, 0.25) is 0 Å². The molecule has 1 aliphatic heterocycles. The molecule has 3 nitrogen and oxygen atoms in total. The van der Waals surface area contributed by atoms with Crippen molar-refractivity contribution in [2.75, 3.05) is 6.54 Å². The van der Waals surface area contributed by atoms with Gasteiger partial charge in [-0.15, -0.1) is 0 Å². The van der Waals surface area contributed by atoms with Crippen LogP contribution >= 0.6 is 0 Å². The van der Waals surface area contributed by atoms with Crippen LogP contribution in [0.25, 0.3) is 11.0 Å². The monoisotopic (exact) mass is 271 g/mol. The van der Waals surface area contributed by atoms with E-state index in [0.29, 0.717) is 6.04 Å². The summed E-state index contributed by atoms with van der Waals surface area (Å²) in [6.07, 6.45) is 5.19. The first-order valence-electron chi connectivity index (χ1n) is 7.97. The third-order valence-electron chi connectivity index (χ3n) is 4.47. The van der Waals surface area contributed by atoms with Crippen molar-refractivity contribution in [3.63, 3.8) is 0 Å². The molecular formula is C17H25N3. The van der Waals surface area contributed by atoms with Crippen LogP contribution in [0.4, 0.5) is 0 Å². The lowest BCUT2D eigenvalue weighted by molar-refractivity contribution is 0.147. The number of aromatic nitrogens is 2. The van der Waals surface area contributed by atoms with Gasteiger partial charge in [-0.05, 0) is 44.9 Å². The molecule has 0 amide bonds. The van der Waals surface area contributed by atoms with Crippen LogP contribution in [0.3, 0.4) is 0 Å². The summed E-state index contributed by atoms with van der Waals surface area (Å²) in [7, 11) is 0. The van der Waals surface area contributed by atoms with Crippen LogP contribution in [0.15, 0.2) is 24.3 Å². The molecular weight excluding hydrogens is 246 g/mol. The number of benzene rings is 1. The van der Waals surface area contributed by atoms with Gasteiger partial charge in [-0.25, -0.2) is 4.98 Å². The molecule has 3 rings (SSSR count). The zero-order chi connectivity index (χ0) is 13.9. The molecule has 0 N–H and O–H groups in total. The van der Waals surface area contributed by atoms with E-state index in [1.165, 1.54) is 37.1 Å². The number of imidazole rings is 1. The van der Waals surface area contributed by atoms with E-state index in [2.05, 4.69) is 47.6 Å².